The third kappa shape index (κ3) is 4.17. The SMILES string of the molecule is CC(Nc1cc(-c2nc(N3CCNCC3)c3c(C4CC4)cncc3n2)ccn1)c1ccccn1. The van der Waals surface area contributed by atoms with E-state index in [0.717, 1.165) is 54.6 Å². The van der Waals surface area contributed by atoms with Crippen molar-refractivity contribution >= 4 is 22.5 Å². The van der Waals surface area contributed by atoms with E-state index in [9.17, 15) is 0 Å². The van der Waals surface area contributed by atoms with Gasteiger partial charge in [-0.25, -0.2) is 15.0 Å². The molecule has 0 aromatic carbocycles. The first-order valence-corrected chi connectivity index (χ1v) is 12.0. The molecule has 34 heavy (non-hydrogen) atoms. The number of fused-ring (bicyclic) bond motifs is 1. The normalized spacial score (nSPS) is 17.0. The van der Waals surface area contributed by atoms with E-state index in [1.165, 1.54) is 23.8 Å². The van der Waals surface area contributed by atoms with E-state index in [0.29, 0.717) is 11.7 Å². The molecule has 1 aliphatic carbocycles. The topological polar surface area (TPSA) is 91.8 Å². The highest BCUT2D eigenvalue weighted by atomic mass is 15.2. The quantitative estimate of drug-likeness (QED) is 0.455. The van der Waals surface area contributed by atoms with Crippen molar-refractivity contribution in [2.75, 3.05) is 36.4 Å². The minimum absolute atomic E-state index is 0.0307. The van der Waals surface area contributed by atoms with E-state index in [4.69, 9.17) is 9.97 Å². The van der Waals surface area contributed by atoms with Crippen LogP contribution in [0.5, 0.6) is 0 Å². The first kappa shape index (κ1) is 20.9. The van der Waals surface area contributed by atoms with E-state index in [1.54, 1.807) is 6.20 Å². The number of pyridine rings is 3. The van der Waals surface area contributed by atoms with Crippen LogP contribution in [0.4, 0.5) is 11.6 Å². The van der Waals surface area contributed by atoms with Crippen molar-refractivity contribution in [2.45, 2.75) is 31.7 Å². The monoisotopic (exact) mass is 452 g/mol. The van der Waals surface area contributed by atoms with Gasteiger partial charge in [-0.3, -0.25) is 9.97 Å². The second kappa shape index (κ2) is 8.95. The van der Waals surface area contributed by atoms with Crippen molar-refractivity contribution in [2.24, 2.45) is 0 Å². The molecule has 0 amide bonds. The fourth-order valence-electron chi connectivity index (χ4n) is 4.60. The van der Waals surface area contributed by atoms with Gasteiger partial charge < -0.3 is 15.5 Å². The van der Waals surface area contributed by atoms with Crippen LogP contribution in [0, 0.1) is 0 Å². The van der Waals surface area contributed by atoms with Crippen molar-refractivity contribution in [3.05, 3.63) is 66.4 Å². The number of piperazine rings is 1. The van der Waals surface area contributed by atoms with Gasteiger partial charge in [-0.05, 0) is 55.5 Å². The molecular formula is C26H28N8. The maximum absolute atomic E-state index is 5.14. The van der Waals surface area contributed by atoms with Crippen molar-refractivity contribution in [3.63, 3.8) is 0 Å². The summed E-state index contributed by atoms with van der Waals surface area (Å²) >= 11 is 0. The van der Waals surface area contributed by atoms with E-state index >= 15 is 0 Å². The molecule has 4 aromatic rings. The standard InChI is InChI=1S/C26H28N8/c1-17(21-4-2-3-8-29-21)31-23-14-19(7-9-30-23)25-32-22-16-28-15-20(18-5-6-18)24(22)26(33-25)34-12-10-27-11-13-34/h2-4,7-9,14-18,27H,5-6,10-13H2,1H3,(H,30,31). The van der Waals surface area contributed by atoms with Crippen molar-refractivity contribution in [3.8, 4) is 11.4 Å². The smallest absolute Gasteiger partial charge is 0.162 e. The molecule has 2 aliphatic rings. The van der Waals surface area contributed by atoms with E-state index in [-0.39, 0.29) is 6.04 Å². The summed E-state index contributed by atoms with van der Waals surface area (Å²) in [4.78, 5) is 26.0. The molecule has 1 saturated carbocycles. The number of nitrogens with zero attached hydrogens (tertiary/aromatic N) is 6. The maximum atomic E-state index is 5.14. The molecule has 1 unspecified atom stereocenters. The first-order chi connectivity index (χ1) is 16.8. The second-order valence-electron chi connectivity index (χ2n) is 9.06. The van der Waals surface area contributed by atoms with Crippen LogP contribution in [0.25, 0.3) is 22.3 Å². The summed E-state index contributed by atoms with van der Waals surface area (Å²) in [5, 5.41) is 8.07. The lowest BCUT2D eigenvalue weighted by atomic mass is 10.1. The predicted molar refractivity (Wildman–Crippen MR) is 134 cm³/mol. The first-order valence-electron chi connectivity index (χ1n) is 12.0. The largest absolute Gasteiger partial charge is 0.362 e. The van der Waals surface area contributed by atoms with Gasteiger partial charge in [0.2, 0.25) is 0 Å². The summed E-state index contributed by atoms with van der Waals surface area (Å²) in [6.07, 6.45) is 9.94. The third-order valence-corrected chi connectivity index (χ3v) is 6.56. The Balaban J connectivity index is 1.40. The number of rotatable bonds is 6. The van der Waals surface area contributed by atoms with Crippen molar-refractivity contribution in [1.29, 1.82) is 0 Å². The lowest BCUT2D eigenvalue weighted by molar-refractivity contribution is 0.586. The lowest BCUT2D eigenvalue weighted by Crippen LogP contribution is -2.44. The molecule has 4 aromatic heterocycles. The van der Waals surface area contributed by atoms with Crippen LogP contribution < -0.4 is 15.5 Å². The third-order valence-electron chi connectivity index (χ3n) is 6.56. The molecular weight excluding hydrogens is 424 g/mol. The van der Waals surface area contributed by atoms with Crippen LogP contribution >= 0.6 is 0 Å². The zero-order valence-corrected chi connectivity index (χ0v) is 19.3. The summed E-state index contributed by atoms with van der Waals surface area (Å²) < 4.78 is 0. The van der Waals surface area contributed by atoms with E-state index in [2.05, 4.69) is 37.4 Å². The number of hydrogen-bond donors (Lipinski definition) is 2. The van der Waals surface area contributed by atoms with Crippen LogP contribution in [-0.4, -0.2) is 51.1 Å². The summed E-state index contributed by atoms with van der Waals surface area (Å²) in [6, 6.07) is 9.94. The highest BCUT2D eigenvalue weighted by Gasteiger charge is 2.29. The Labute approximate surface area is 198 Å². The summed E-state index contributed by atoms with van der Waals surface area (Å²) in [7, 11) is 0. The van der Waals surface area contributed by atoms with Gasteiger partial charge in [-0.2, -0.15) is 0 Å². The minimum Gasteiger partial charge on any atom is -0.362 e. The molecule has 172 valence electrons. The number of hydrogen-bond acceptors (Lipinski definition) is 8. The van der Waals surface area contributed by atoms with Gasteiger partial charge in [0.05, 0.1) is 23.4 Å². The number of nitrogens with one attached hydrogen (secondary N) is 2. The molecule has 2 N–H and O–H groups in total. The Morgan fingerprint density at radius 2 is 1.91 bits per heavy atom. The lowest BCUT2D eigenvalue weighted by Gasteiger charge is -2.30. The van der Waals surface area contributed by atoms with Gasteiger partial charge >= 0.3 is 0 Å². The van der Waals surface area contributed by atoms with Crippen LogP contribution in [0.1, 0.15) is 43.0 Å². The zero-order valence-electron chi connectivity index (χ0n) is 19.3. The summed E-state index contributed by atoms with van der Waals surface area (Å²) in [5.74, 6) is 3.08. The van der Waals surface area contributed by atoms with Crippen molar-refractivity contribution in [1.82, 2.24) is 30.2 Å². The molecule has 0 bridgehead atoms. The highest BCUT2D eigenvalue weighted by molar-refractivity contribution is 5.94. The average Bonchev–Trinajstić information content (AvgIpc) is 3.74. The molecule has 0 radical (unpaired) electrons. The Morgan fingerprint density at radius 1 is 1.03 bits per heavy atom. The van der Waals surface area contributed by atoms with Gasteiger partial charge in [0.25, 0.3) is 0 Å². The van der Waals surface area contributed by atoms with Gasteiger partial charge in [-0.1, -0.05) is 6.07 Å². The van der Waals surface area contributed by atoms with Gasteiger partial charge in [0.1, 0.15) is 11.6 Å². The second-order valence-corrected chi connectivity index (χ2v) is 9.06. The van der Waals surface area contributed by atoms with Crippen LogP contribution in [-0.2, 0) is 0 Å². The molecule has 1 saturated heterocycles. The Morgan fingerprint density at radius 3 is 2.71 bits per heavy atom. The van der Waals surface area contributed by atoms with Crippen molar-refractivity contribution < 1.29 is 0 Å². The number of aromatic nitrogens is 5. The molecule has 8 nitrogen and oxygen atoms in total. The molecule has 5 heterocycles. The number of anilines is 2. The molecule has 2 fully saturated rings. The van der Waals surface area contributed by atoms with E-state index in [1.807, 2.05) is 48.9 Å². The highest BCUT2D eigenvalue weighted by Crippen LogP contribution is 2.44. The summed E-state index contributed by atoms with van der Waals surface area (Å²) in [6.45, 7) is 5.86. The Kier molecular flexibility index (Phi) is 5.50. The fraction of sp³-hybridized carbons (Fsp3) is 0.346. The molecule has 0 spiro atoms. The molecule has 8 heteroatoms. The van der Waals surface area contributed by atoms with Gasteiger partial charge in [-0.15, -0.1) is 0 Å². The zero-order chi connectivity index (χ0) is 22.9. The Bertz CT molecular complexity index is 1300. The minimum atomic E-state index is 0.0307. The van der Waals surface area contributed by atoms with Crippen LogP contribution in [0.3, 0.4) is 0 Å². The summed E-state index contributed by atoms with van der Waals surface area (Å²) in [5.41, 5.74) is 4.10. The van der Waals surface area contributed by atoms with Crippen LogP contribution in [0.15, 0.2) is 55.1 Å². The van der Waals surface area contributed by atoms with Crippen LogP contribution in [0.2, 0.25) is 0 Å². The van der Waals surface area contributed by atoms with Gasteiger partial charge in [0, 0.05) is 55.7 Å². The molecule has 6 rings (SSSR count). The maximum Gasteiger partial charge on any atom is 0.162 e. The fourth-order valence-corrected chi connectivity index (χ4v) is 4.60. The average molecular weight is 453 g/mol. The Hall–Kier alpha value is -3.65. The van der Waals surface area contributed by atoms with E-state index < -0.39 is 0 Å². The predicted octanol–water partition coefficient (Wildman–Crippen LogP) is 3.94. The van der Waals surface area contributed by atoms with Gasteiger partial charge in [0.15, 0.2) is 5.82 Å². The molecule has 1 atom stereocenters. The molecule has 1 aliphatic heterocycles.